The average Bonchev–Trinajstić information content (AvgIpc) is 2.38. The molecule has 0 bridgehead atoms. The molecule has 3 nitrogen and oxygen atoms in total. The lowest BCUT2D eigenvalue weighted by atomic mass is 9.93. The first-order valence-corrected chi connectivity index (χ1v) is 6.19. The van der Waals surface area contributed by atoms with Crippen molar-refractivity contribution in [3.8, 4) is 0 Å². The molecule has 1 aliphatic heterocycles. The van der Waals surface area contributed by atoms with E-state index < -0.39 is 0 Å². The zero-order valence-corrected chi connectivity index (χ0v) is 10.8. The van der Waals surface area contributed by atoms with Crippen molar-refractivity contribution in [2.75, 3.05) is 13.2 Å². The summed E-state index contributed by atoms with van der Waals surface area (Å²) >= 11 is 0. The Hall–Kier alpha value is -1.90. The van der Waals surface area contributed by atoms with Crippen molar-refractivity contribution in [2.45, 2.75) is 20.3 Å². The van der Waals surface area contributed by atoms with E-state index in [1.807, 2.05) is 32.2 Å². The Morgan fingerprint density at radius 3 is 3.11 bits per heavy atom. The first kappa shape index (κ1) is 12.6. The zero-order chi connectivity index (χ0) is 13.0. The Balaban J connectivity index is 2.34. The van der Waals surface area contributed by atoms with Gasteiger partial charge in [-0.2, -0.15) is 0 Å². The number of hydrogen-bond acceptors (Lipinski definition) is 3. The number of nitrogens with zero attached hydrogens (tertiary/aromatic N) is 1. The predicted octanol–water partition coefficient (Wildman–Crippen LogP) is 2.63. The van der Waals surface area contributed by atoms with Gasteiger partial charge in [0, 0.05) is 18.8 Å². The van der Waals surface area contributed by atoms with Gasteiger partial charge in [0.25, 0.3) is 0 Å². The maximum atomic E-state index is 11.5. The predicted molar refractivity (Wildman–Crippen MR) is 72.9 cm³/mol. The fourth-order valence-corrected chi connectivity index (χ4v) is 2.15. The molecule has 0 spiro atoms. The number of allylic oxidation sites excluding steroid dienone is 1. The third-order valence-electron chi connectivity index (χ3n) is 2.98. The Labute approximate surface area is 107 Å². The first-order valence-electron chi connectivity index (χ1n) is 6.19. The number of carbonyl (C=O) groups excluding carboxylic acids is 1. The highest BCUT2D eigenvalue weighted by atomic mass is 16.5. The van der Waals surface area contributed by atoms with Crippen LogP contribution in [0.15, 0.2) is 29.3 Å². The molecule has 94 valence electrons. The van der Waals surface area contributed by atoms with Crippen LogP contribution in [0.2, 0.25) is 0 Å². The van der Waals surface area contributed by atoms with Crippen molar-refractivity contribution in [1.82, 2.24) is 0 Å². The highest BCUT2D eigenvalue weighted by molar-refractivity contribution is 5.93. The maximum Gasteiger partial charge on any atom is 0.331 e. The summed E-state index contributed by atoms with van der Waals surface area (Å²) in [5.74, 6) is -0.280. The Morgan fingerprint density at radius 1 is 1.50 bits per heavy atom. The van der Waals surface area contributed by atoms with Crippen LogP contribution in [-0.4, -0.2) is 25.3 Å². The van der Waals surface area contributed by atoms with Gasteiger partial charge in [-0.25, -0.2) is 4.79 Å². The third kappa shape index (κ3) is 2.67. The van der Waals surface area contributed by atoms with E-state index in [0.29, 0.717) is 6.61 Å². The summed E-state index contributed by atoms with van der Waals surface area (Å²) in [6, 6.07) is 6.09. The molecule has 0 saturated heterocycles. The van der Waals surface area contributed by atoms with Gasteiger partial charge in [0.2, 0.25) is 0 Å². The third-order valence-corrected chi connectivity index (χ3v) is 2.98. The van der Waals surface area contributed by atoms with Gasteiger partial charge in [0.1, 0.15) is 0 Å². The molecule has 0 radical (unpaired) electrons. The van der Waals surface area contributed by atoms with Crippen molar-refractivity contribution >= 4 is 17.8 Å². The standard InChI is InChI=1S/C15H17NO2/c1-3-18-15(17)9-11(2)13-6-4-5-12-10-16-8-7-14(12)13/h4-6,9-10H,3,7-8H2,1-2H3/b11-9+. The molecular formula is C15H17NO2. The number of ether oxygens (including phenoxy) is 1. The van der Waals surface area contributed by atoms with E-state index in [9.17, 15) is 4.79 Å². The van der Waals surface area contributed by atoms with Gasteiger partial charge in [-0.05, 0) is 42.5 Å². The quantitative estimate of drug-likeness (QED) is 0.604. The van der Waals surface area contributed by atoms with Gasteiger partial charge >= 0.3 is 5.97 Å². The highest BCUT2D eigenvalue weighted by Gasteiger charge is 2.11. The molecule has 0 N–H and O–H groups in total. The molecule has 0 atom stereocenters. The second-order valence-electron chi connectivity index (χ2n) is 4.24. The number of aliphatic imine (C=N–C) groups is 1. The number of carbonyl (C=O) groups is 1. The second kappa shape index (κ2) is 5.63. The van der Waals surface area contributed by atoms with Gasteiger partial charge in [0.05, 0.1) is 6.61 Å². The fraction of sp³-hybridized carbons (Fsp3) is 0.333. The minimum atomic E-state index is -0.280. The molecule has 0 amide bonds. The Kier molecular flexibility index (Phi) is 3.92. The lowest BCUT2D eigenvalue weighted by Gasteiger charge is -2.15. The summed E-state index contributed by atoms with van der Waals surface area (Å²) in [7, 11) is 0. The minimum Gasteiger partial charge on any atom is -0.463 e. The maximum absolute atomic E-state index is 11.5. The number of hydrogen-bond donors (Lipinski definition) is 0. The Bertz CT molecular complexity index is 515. The lowest BCUT2D eigenvalue weighted by Crippen LogP contribution is -2.07. The summed E-state index contributed by atoms with van der Waals surface area (Å²) in [5.41, 5.74) is 4.48. The molecule has 0 aliphatic carbocycles. The smallest absolute Gasteiger partial charge is 0.331 e. The molecule has 1 heterocycles. The number of esters is 1. The van der Waals surface area contributed by atoms with Crippen molar-refractivity contribution in [1.29, 1.82) is 0 Å². The number of benzene rings is 1. The van der Waals surface area contributed by atoms with Crippen LogP contribution in [0, 0.1) is 0 Å². The summed E-state index contributed by atoms with van der Waals surface area (Å²) in [4.78, 5) is 15.7. The molecule has 18 heavy (non-hydrogen) atoms. The van der Waals surface area contributed by atoms with Gasteiger partial charge in [0.15, 0.2) is 0 Å². The Morgan fingerprint density at radius 2 is 2.33 bits per heavy atom. The van der Waals surface area contributed by atoms with Crippen LogP contribution in [0.1, 0.15) is 30.5 Å². The van der Waals surface area contributed by atoms with Crippen LogP contribution >= 0.6 is 0 Å². The number of rotatable bonds is 3. The van der Waals surface area contributed by atoms with Crippen LogP contribution < -0.4 is 0 Å². The second-order valence-corrected chi connectivity index (χ2v) is 4.24. The topological polar surface area (TPSA) is 38.7 Å². The van der Waals surface area contributed by atoms with E-state index in [0.717, 1.165) is 29.7 Å². The molecule has 0 unspecified atom stereocenters. The largest absolute Gasteiger partial charge is 0.463 e. The molecule has 1 aromatic rings. The normalized spacial score (nSPS) is 14.2. The van der Waals surface area contributed by atoms with E-state index in [4.69, 9.17) is 4.74 Å². The van der Waals surface area contributed by atoms with Crippen molar-refractivity contribution in [3.63, 3.8) is 0 Å². The molecule has 1 aliphatic rings. The molecule has 0 aromatic heterocycles. The average molecular weight is 243 g/mol. The highest BCUT2D eigenvalue weighted by Crippen LogP contribution is 2.24. The summed E-state index contributed by atoms with van der Waals surface area (Å²) in [5, 5.41) is 0. The first-order chi connectivity index (χ1) is 8.72. The van der Waals surface area contributed by atoms with E-state index in [2.05, 4.69) is 11.1 Å². The number of fused-ring (bicyclic) bond motifs is 1. The van der Waals surface area contributed by atoms with E-state index in [1.54, 1.807) is 6.08 Å². The molecule has 2 rings (SSSR count). The summed E-state index contributed by atoms with van der Waals surface area (Å²) in [6.07, 6.45) is 4.39. The zero-order valence-electron chi connectivity index (χ0n) is 10.8. The van der Waals surface area contributed by atoms with Crippen molar-refractivity contribution in [2.24, 2.45) is 4.99 Å². The van der Waals surface area contributed by atoms with E-state index in [-0.39, 0.29) is 5.97 Å². The SMILES string of the molecule is CCOC(=O)/C=C(\C)c1cccc2c1CCN=C2. The van der Waals surface area contributed by atoms with Crippen LogP contribution in [0.4, 0.5) is 0 Å². The van der Waals surface area contributed by atoms with Gasteiger partial charge in [-0.1, -0.05) is 18.2 Å². The molecule has 0 fully saturated rings. The molecule has 3 heteroatoms. The summed E-state index contributed by atoms with van der Waals surface area (Å²) < 4.78 is 4.94. The molecule has 0 saturated carbocycles. The van der Waals surface area contributed by atoms with Crippen molar-refractivity contribution in [3.05, 3.63) is 41.0 Å². The fourth-order valence-electron chi connectivity index (χ4n) is 2.15. The van der Waals surface area contributed by atoms with Gasteiger partial charge in [-0.15, -0.1) is 0 Å². The monoisotopic (exact) mass is 243 g/mol. The summed E-state index contributed by atoms with van der Waals surface area (Å²) in [6.45, 7) is 4.97. The van der Waals surface area contributed by atoms with Crippen LogP contribution in [0.5, 0.6) is 0 Å². The molecular weight excluding hydrogens is 226 g/mol. The van der Waals surface area contributed by atoms with Crippen LogP contribution in [-0.2, 0) is 16.0 Å². The van der Waals surface area contributed by atoms with Crippen molar-refractivity contribution < 1.29 is 9.53 Å². The van der Waals surface area contributed by atoms with Gasteiger partial charge in [-0.3, -0.25) is 4.99 Å². The van der Waals surface area contributed by atoms with Crippen LogP contribution in [0.25, 0.3) is 5.57 Å². The van der Waals surface area contributed by atoms with E-state index in [1.165, 1.54) is 5.56 Å². The van der Waals surface area contributed by atoms with Gasteiger partial charge < -0.3 is 4.74 Å². The van der Waals surface area contributed by atoms with E-state index >= 15 is 0 Å². The van der Waals surface area contributed by atoms with Crippen LogP contribution in [0.3, 0.4) is 0 Å². The lowest BCUT2D eigenvalue weighted by molar-refractivity contribution is -0.137. The molecule has 1 aromatic carbocycles. The minimum absolute atomic E-state index is 0.280.